The van der Waals surface area contributed by atoms with Gasteiger partial charge in [-0.05, 0) is 25.2 Å². The van der Waals surface area contributed by atoms with Crippen molar-refractivity contribution in [3.05, 3.63) is 11.6 Å². The lowest BCUT2D eigenvalue weighted by Crippen LogP contribution is -3.06. The molecule has 0 heterocycles. The molecular weight excluding hydrogens is 208 g/mol. The van der Waals surface area contributed by atoms with Crippen LogP contribution in [0.2, 0.25) is 0 Å². The first-order chi connectivity index (χ1) is 8.00. The van der Waals surface area contributed by atoms with Gasteiger partial charge in [0.1, 0.15) is 0 Å². The summed E-state index contributed by atoms with van der Waals surface area (Å²) in [7, 11) is 4.47. The second-order valence-electron chi connectivity index (χ2n) is 6.34. The molecule has 0 bridgehead atoms. The van der Waals surface area contributed by atoms with Crippen molar-refractivity contribution in [1.29, 1.82) is 0 Å². The topological polar surface area (TPSA) is 21.1 Å². The van der Waals surface area contributed by atoms with E-state index in [4.69, 9.17) is 0 Å². The molecule has 0 radical (unpaired) electrons. The Balaban J connectivity index is 2.22. The molecular formula is C15H32N2+2. The molecule has 1 aliphatic rings. The Morgan fingerprint density at radius 1 is 1.35 bits per heavy atom. The molecule has 2 nitrogen and oxygen atoms in total. The maximum atomic E-state index is 2.54. The highest BCUT2D eigenvalue weighted by atomic mass is 15.1. The van der Waals surface area contributed by atoms with E-state index >= 15 is 0 Å². The maximum Gasteiger partial charge on any atom is 0.0821 e. The van der Waals surface area contributed by atoms with E-state index in [1.807, 2.05) is 0 Å². The molecule has 0 aromatic heterocycles. The van der Waals surface area contributed by atoms with Crippen LogP contribution >= 0.6 is 0 Å². The standard InChI is InChI=1S/C15H30N2/c1-12-9-13(2)15(14(3)10-12)11-16-7-6-8-17(4)5/h9,13-16H,6-8,10-11H2,1-5H3/p+2/t13-,14-,15+/m1/s1. The molecule has 0 amide bonds. The van der Waals surface area contributed by atoms with Crippen LogP contribution in [0.3, 0.4) is 0 Å². The molecule has 0 fully saturated rings. The van der Waals surface area contributed by atoms with Crippen molar-refractivity contribution >= 4 is 0 Å². The van der Waals surface area contributed by atoms with Crippen LogP contribution in [0.4, 0.5) is 0 Å². The minimum absolute atomic E-state index is 0.773. The van der Waals surface area contributed by atoms with Crippen LogP contribution < -0.4 is 10.2 Å². The number of nitrogens with one attached hydrogen (secondary N) is 1. The van der Waals surface area contributed by atoms with E-state index in [1.54, 1.807) is 10.5 Å². The minimum Gasteiger partial charge on any atom is -0.346 e. The highest BCUT2D eigenvalue weighted by Gasteiger charge is 2.27. The molecule has 3 N–H and O–H groups in total. The summed E-state index contributed by atoms with van der Waals surface area (Å²) < 4.78 is 0. The van der Waals surface area contributed by atoms with Crippen molar-refractivity contribution in [3.63, 3.8) is 0 Å². The van der Waals surface area contributed by atoms with E-state index < -0.39 is 0 Å². The number of nitrogens with two attached hydrogens (primary N) is 1. The SMILES string of the molecule is CC1=C[C@@H](C)[C@H](C[NH2+]CCC[NH+](C)C)[C@H](C)C1. The van der Waals surface area contributed by atoms with E-state index in [-0.39, 0.29) is 0 Å². The van der Waals surface area contributed by atoms with Crippen LogP contribution in [-0.2, 0) is 0 Å². The van der Waals surface area contributed by atoms with Gasteiger partial charge in [0.05, 0.1) is 33.7 Å². The summed E-state index contributed by atoms with van der Waals surface area (Å²) in [6.07, 6.45) is 5.14. The Kier molecular flexibility index (Phi) is 6.21. The summed E-state index contributed by atoms with van der Waals surface area (Å²) in [5.74, 6) is 2.52. The molecule has 0 unspecified atom stereocenters. The second kappa shape index (κ2) is 7.17. The summed E-state index contributed by atoms with van der Waals surface area (Å²) >= 11 is 0. The molecule has 0 spiro atoms. The van der Waals surface area contributed by atoms with Gasteiger partial charge in [0.2, 0.25) is 0 Å². The van der Waals surface area contributed by atoms with Crippen molar-refractivity contribution < 1.29 is 10.2 Å². The fourth-order valence-corrected chi connectivity index (χ4v) is 3.18. The Morgan fingerprint density at radius 2 is 2.06 bits per heavy atom. The third-order valence-electron chi connectivity index (χ3n) is 4.12. The number of rotatable bonds is 6. The van der Waals surface area contributed by atoms with Gasteiger partial charge in [-0.3, -0.25) is 0 Å². The Bertz CT molecular complexity index is 245. The smallest absolute Gasteiger partial charge is 0.0821 e. The average Bonchev–Trinajstić information content (AvgIpc) is 2.20. The van der Waals surface area contributed by atoms with Gasteiger partial charge in [0.15, 0.2) is 0 Å². The fraction of sp³-hybridized carbons (Fsp3) is 0.867. The zero-order valence-corrected chi connectivity index (χ0v) is 12.4. The first-order valence-corrected chi connectivity index (χ1v) is 7.28. The van der Waals surface area contributed by atoms with Crippen molar-refractivity contribution in [2.24, 2.45) is 17.8 Å². The quantitative estimate of drug-likeness (QED) is 0.493. The van der Waals surface area contributed by atoms with E-state index in [2.05, 4.69) is 46.3 Å². The van der Waals surface area contributed by atoms with Crippen LogP contribution in [0.25, 0.3) is 0 Å². The summed E-state index contributed by atoms with van der Waals surface area (Å²) in [5.41, 5.74) is 1.59. The molecule has 0 aromatic carbocycles. The minimum atomic E-state index is 0.773. The van der Waals surface area contributed by atoms with Gasteiger partial charge in [-0.25, -0.2) is 0 Å². The second-order valence-corrected chi connectivity index (χ2v) is 6.34. The predicted molar refractivity (Wildman–Crippen MR) is 74.1 cm³/mol. The van der Waals surface area contributed by atoms with Gasteiger partial charge in [0.25, 0.3) is 0 Å². The van der Waals surface area contributed by atoms with Crippen molar-refractivity contribution in [2.45, 2.75) is 33.6 Å². The molecule has 0 aromatic rings. The number of quaternary nitrogens is 2. The number of hydrogen-bond donors (Lipinski definition) is 2. The van der Waals surface area contributed by atoms with Gasteiger partial charge < -0.3 is 10.2 Å². The van der Waals surface area contributed by atoms with Crippen molar-refractivity contribution in [1.82, 2.24) is 0 Å². The molecule has 1 aliphatic carbocycles. The van der Waals surface area contributed by atoms with Gasteiger partial charge in [0, 0.05) is 12.3 Å². The molecule has 17 heavy (non-hydrogen) atoms. The first kappa shape index (κ1) is 14.7. The fourth-order valence-electron chi connectivity index (χ4n) is 3.18. The molecule has 1 rings (SSSR count). The van der Waals surface area contributed by atoms with Gasteiger partial charge >= 0.3 is 0 Å². The Labute approximate surface area is 107 Å². The monoisotopic (exact) mass is 240 g/mol. The zero-order chi connectivity index (χ0) is 12.8. The summed E-state index contributed by atoms with van der Waals surface area (Å²) in [6.45, 7) is 11.0. The number of allylic oxidation sites excluding steroid dienone is 2. The summed E-state index contributed by atoms with van der Waals surface area (Å²) in [5, 5.41) is 2.54. The zero-order valence-electron chi connectivity index (χ0n) is 12.4. The van der Waals surface area contributed by atoms with Crippen LogP contribution in [-0.4, -0.2) is 33.7 Å². The lowest BCUT2D eigenvalue weighted by molar-refractivity contribution is -0.860. The molecule has 0 saturated carbocycles. The third-order valence-corrected chi connectivity index (χ3v) is 4.12. The van der Waals surface area contributed by atoms with Crippen LogP contribution in [0.1, 0.15) is 33.6 Å². The third kappa shape index (κ3) is 5.22. The van der Waals surface area contributed by atoms with Crippen LogP contribution in [0.15, 0.2) is 11.6 Å². The van der Waals surface area contributed by atoms with Gasteiger partial charge in [-0.1, -0.05) is 25.5 Å². The predicted octanol–water partition coefficient (Wildman–Crippen LogP) is 0.323. The molecule has 100 valence electrons. The Hall–Kier alpha value is -0.340. The largest absolute Gasteiger partial charge is 0.346 e. The lowest BCUT2D eigenvalue weighted by atomic mass is 9.75. The molecule has 3 atom stereocenters. The molecule has 2 heteroatoms. The van der Waals surface area contributed by atoms with E-state index in [1.165, 1.54) is 32.5 Å². The van der Waals surface area contributed by atoms with Gasteiger partial charge in [-0.15, -0.1) is 0 Å². The number of hydrogen-bond acceptors (Lipinski definition) is 0. The summed E-state index contributed by atoms with van der Waals surface area (Å²) in [6, 6.07) is 0. The van der Waals surface area contributed by atoms with E-state index in [9.17, 15) is 0 Å². The van der Waals surface area contributed by atoms with Crippen molar-refractivity contribution in [3.8, 4) is 0 Å². The first-order valence-electron chi connectivity index (χ1n) is 7.28. The highest BCUT2D eigenvalue weighted by molar-refractivity contribution is 5.07. The normalized spacial score (nSPS) is 29.5. The maximum absolute atomic E-state index is 2.54. The molecule has 0 saturated heterocycles. The van der Waals surface area contributed by atoms with Crippen molar-refractivity contribution in [2.75, 3.05) is 33.7 Å². The van der Waals surface area contributed by atoms with Gasteiger partial charge in [-0.2, -0.15) is 0 Å². The van der Waals surface area contributed by atoms with E-state index in [0.717, 1.165) is 17.8 Å². The highest BCUT2D eigenvalue weighted by Crippen LogP contribution is 2.32. The van der Waals surface area contributed by atoms with E-state index in [0.29, 0.717) is 0 Å². The Morgan fingerprint density at radius 3 is 2.65 bits per heavy atom. The molecule has 0 aliphatic heterocycles. The van der Waals surface area contributed by atoms with Crippen LogP contribution in [0.5, 0.6) is 0 Å². The lowest BCUT2D eigenvalue weighted by Gasteiger charge is -2.31. The average molecular weight is 240 g/mol. The summed E-state index contributed by atoms with van der Waals surface area (Å²) in [4.78, 5) is 1.57. The van der Waals surface area contributed by atoms with Crippen LogP contribution in [0, 0.1) is 17.8 Å².